The molecule has 2 unspecified atom stereocenters. The maximum atomic E-state index is 11.6. The monoisotopic (exact) mass is 594 g/mol. The van der Waals surface area contributed by atoms with Crippen LogP contribution >= 0.6 is 31.9 Å². The van der Waals surface area contributed by atoms with Gasteiger partial charge >= 0.3 is 0 Å². The molecule has 0 saturated heterocycles. The molecule has 0 bridgehead atoms. The molecule has 0 aromatic carbocycles. The number of hydrogen-bond donors (Lipinski definition) is 1. The van der Waals surface area contributed by atoms with Crippen molar-refractivity contribution < 1.29 is 13.2 Å². The Bertz CT molecular complexity index is 927. The molecule has 0 fully saturated rings. The number of aromatic nitrogens is 2. The summed E-state index contributed by atoms with van der Waals surface area (Å²) in [6, 6.07) is 3.58. The number of rotatable bonds is 3. The Morgan fingerprint density at radius 2 is 1.29 bits per heavy atom. The van der Waals surface area contributed by atoms with Crippen molar-refractivity contribution in [3.8, 4) is 0 Å². The Balaban J connectivity index is 0.000000479. The minimum atomic E-state index is -1.22. The smallest absolute Gasteiger partial charge is 0.151 e. The molecule has 11 heteroatoms. The Morgan fingerprint density at radius 3 is 1.61 bits per heavy atom. The van der Waals surface area contributed by atoms with Crippen molar-refractivity contribution in [2.45, 2.75) is 51.0 Å². The fourth-order valence-electron chi connectivity index (χ4n) is 1.26. The highest BCUT2D eigenvalue weighted by atomic mass is 79.9. The van der Waals surface area contributed by atoms with Crippen LogP contribution in [0.15, 0.2) is 50.3 Å². The molecule has 7 nitrogen and oxygen atoms in total. The number of nitrogens with zero attached hydrogens (tertiary/aromatic N) is 3. The molecule has 0 spiro atoms. The lowest BCUT2D eigenvalue weighted by molar-refractivity contribution is 0.112. The van der Waals surface area contributed by atoms with E-state index in [0.29, 0.717) is 5.56 Å². The van der Waals surface area contributed by atoms with Crippen LogP contribution in [0.5, 0.6) is 0 Å². The van der Waals surface area contributed by atoms with Crippen molar-refractivity contribution >= 4 is 66.3 Å². The van der Waals surface area contributed by atoms with E-state index >= 15 is 0 Å². The van der Waals surface area contributed by atoms with Gasteiger partial charge < -0.3 is 0 Å². The molecule has 0 saturated carbocycles. The Hall–Kier alpha value is -1.14. The molecule has 2 atom stereocenters. The SMILES string of the molecule is CC(C)(C)S(=O)N=Cc1cncc(Br)c1.CC(C)(C)S(N)=O.O=Cc1cncc(Br)c1. The van der Waals surface area contributed by atoms with Gasteiger partial charge in [-0.2, -0.15) is 4.40 Å². The van der Waals surface area contributed by atoms with Crippen LogP contribution in [0.1, 0.15) is 57.5 Å². The summed E-state index contributed by atoms with van der Waals surface area (Å²) in [5, 5.41) is 5.04. The molecule has 0 aliphatic rings. The Labute approximate surface area is 206 Å². The second-order valence-corrected chi connectivity index (χ2v) is 13.6. The van der Waals surface area contributed by atoms with E-state index in [9.17, 15) is 13.2 Å². The predicted octanol–water partition coefficient (Wildman–Crippen LogP) is 4.79. The fourth-order valence-corrected chi connectivity index (χ4v) is 2.56. The molecule has 2 N–H and O–H groups in total. The first kappa shape index (κ1) is 29.9. The van der Waals surface area contributed by atoms with E-state index in [4.69, 9.17) is 5.14 Å². The lowest BCUT2D eigenvalue weighted by Crippen LogP contribution is -2.27. The van der Waals surface area contributed by atoms with Crippen LogP contribution < -0.4 is 5.14 Å². The summed E-state index contributed by atoms with van der Waals surface area (Å²) in [7, 11) is -2.40. The van der Waals surface area contributed by atoms with Crippen LogP contribution in [0.4, 0.5) is 0 Å². The Morgan fingerprint density at radius 1 is 0.871 bits per heavy atom. The van der Waals surface area contributed by atoms with Crippen LogP contribution in [0.25, 0.3) is 0 Å². The van der Waals surface area contributed by atoms with Crippen molar-refractivity contribution in [1.29, 1.82) is 0 Å². The molecule has 2 aromatic rings. The van der Waals surface area contributed by atoms with E-state index in [2.05, 4.69) is 46.2 Å². The van der Waals surface area contributed by atoms with Gasteiger partial charge in [0.15, 0.2) is 6.29 Å². The zero-order chi connectivity index (χ0) is 24.2. The highest BCUT2D eigenvalue weighted by molar-refractivity contribution is 9.10. The van der Waals surface area contributed by atoms with E-state index in [1.54, 1.807) is 30.9 Å². The summed E-state index contributed by atoms with van der Waals surface area (Å²) in [6.45, 7) is 11.2. The van der Waals surface area contributed by atoms with Crippen LogP contribution in [0.3, 0.4) is 0 Å². The molecule has 0 aliphatic heterocycles. The van der Waals surface area contributed by atoms with Gasteiger partial charge in [0.25, 0.3) is 0 Å². The molecule has 0 radical (unpaired) electrons. The third kappa shape index (κ3) is 14.5. The highest BCUT2D eigenvalue weighted by Crippen LogP contribution is 2.13. The third-order valence-corrected chi connectivity index (χ3v) is 6.43. The van der Waals surface area contributed by atoms with E-state index in [1.807, 2.05) is 47.6 Å². The van der Waals surface area contributed by atoms with Crippen LogP contribution in [0.2, 0.25) is 0 Å². The topological polar surface area (TPSA) is 115 Å². The minimum Gasteiger partial charge on any atom is -0.298 e. The summed E-state index contributed by atoms with van der Waals surface area (Å²) in [4.78, 5) is 17.9. The molecule has 2 rings (SSSR count). The summed E-state index contributed by atoms with van der Waals surface area (Å²) in [6.07, 6.45) is 8.85. The van der Waals surface area contributed by atoms with E-state index in [1.165, 1.54) is 6.20 Å². The van der Waals surface area contributed by atoms with Crippen LogP contribution in [-0.4, -0.2) is 40.4 Å². The van der Waals surface area contributed by atoms with Crippen molar-refractivity contribution in [3.63, 3.8) is 0 Å². The van der Waals surface area contributed by atoms with Gasteiger partial charge in [0.2, 0.25) is 0 Å². The predicted molar refractivity (Wildman–Crippen MR) is 137 cm³/mol. The zero-order valence-corrected chi connectivity index (χ0v) is 23.1. The largest absolute Gasteiger partial charge is 0.298 e. The first-order valence-electron chi connectivity index (χ1n) is 8.95. The molecule has 31 heavy (non-hydrogen) atoms. The van der Waals surface area contributed by atoms with Crippen molar-refractivity contribution in [3.05, 3.63) is 57.0 Å². The van der Waals surface area contributed by atoms with Gasteiger partial charge in [-0.25, -0.2) is 8.42 Å². The number of hydrogen-bond acceptors (Lipinski definition) is 5. The van der Waals surface area contributed by atoms with Gasteiger partial charge in [0.05, 0.1) is 20.5 Å². The molecule has 0 aliphatic carbocycles. The van der Waals surface area contributed by atoms with Crippen molar-refractivity contribution in [1.82, 2.24) is 9.97 Å². The lowest BCUT2D eigenvalue weighted by atomic mass is 10.3. The second-order valence-electron chi connectivity index (χ2n) is 8.00. The average molecular weight is 596 g/mol. The number of aldehydes is 1. The summed E-state index contributed by atoms with van der Waals surface area (Å²) >= 11 is 6.49. The average Bonchev–Trinajstić information content (AvgIpc) is 2.65. The first-order chi connectivity index (χ1) is 14.2. The second kappa shape index (κ2) is 14.1. The number of carbonyl (C=O) groups excluding carboxylic acids is 1. The number of pyridine rings is 2. The quantitative estimate of drug-likeness (QED) is 0.404. The van der Waals surface area contributed by atoms with Crippen LogP contribution in [0, 0.1) is 0 Å². The molecular formula is C20H28Br2N4O3S2. The maximum Gasteiger partial charge on any atom is 0.151 e. The van der Waals surface area contributed by atoms with Crippen molar-refractivity contribution in [2.75, 3.05) is 0 Å². The summed E-state index contributed by atoms with van der Waals surface area (Å²) < 4.78 is 27.1. The summed E-state index contributed by atoms with van der Waals surface area (Å²) in [5.41, 5.74) is 1.42. The molecular weight excluding hydrogens is 568 g/mol. The Kier molecular flexibility index (Phi) is 13.6. The fraction of sp³-hybridized carbons (Fsp3) is 0.400. The standard InChI is InChI=1S/C10H13BrN2OS.C6H4BrNO.C4H11NOS/c1-10(2,3)15(14)13-6-8-4-9(11)7-12-5-8;7-6-1-5(4-9)2-8-3-6;1-4(2,3)7(5)6/h4-7H,1-3H3;1-4H;5H2,1-3H3. The molecule has 2 aromatic heterocycles. The summed E-state index contributed by atoms with van der Waals surface area (Å²) in [5.74, 6) is 0. The maximum absolute atomic E-state index is 11.6. The van der Waals surface area contributed by atoms with Gasteiger partial charge in [0.1, 0.15) is 11.0 Å². The highest BCUT2D eigenvalue weighted by Gasteiger charge is 2.18. The molecule has 2 heterocycles. The van der Waals surface area contributed by atoms with E-state index in [0.717, 1.165) is 20.8 Å². The lowest BCUT2D eigenvalue weighted by Gasteiger charge is -2.12. The number of carbonyl (C=O) groups is 1. The first-order valence-corrected chi connectivity index (χ1v) is 12.9. The number of nitrogens with two attached hydrogens (primary N) is 1. The minimum absolute atomic E-state index is 0.250. The van der Waals surface area contributed by atoms with Crippen molar-refractivity contribution in [2.24, 2.45) is 9.54 Å². The molecule has 0 amide bonds. The normalized spacial score (nSPS) is 13.3. The van der Waals surface area contributed by atoms with Gasteiger partial charge in [-0.05, 0) is 85.5 Å². The molecule has 172 valence electrons. The van der Waals surface area contributed by atoms with Gasteiger partial charge in [-0.3, -0.25) is 19.9 Å². The number of halogens is 2. The third-order valence-electron chi connectivity index (χ3n) is 3.01. The van der Waals surface area contributed by atoms with Crippen LogP contribution in [-0.2, 0) is 22.0 Å². The van der Waals surface area contributed by atoms with E-state index in [-0.39, 0.29) is 9.49 Å². The zero-order valence-electron chi connectivity index (χ0n) is 18.3. The van der Waals surface area contributed by atoms with Gasteiger partial charge in [-0.15, -0.1) is 0 Å². The van der Waals surface area contributed by atoms with Gasteiger partial charge in [-0.1, -0.05) is 0 Å². The van der Waals surface area contributed by atoms with Gasteiger partial charge in [0, 0.05) is 51.1 Å². The van der Waals surface area contributed by atoms with E-state index < -0.39 is 22.0 Å².